The number of anilines is 1. The molecule has 2 aromatic heterocycles. The highest BCUT2D eigenvalue weighted by molar-refractivity contribution is 5.90. The molecule has 29 heavy (non-hydrogen) atoms. The molecule has 1 amide bonds. The van der Waals surface area contributed by atoms with Gasteiger partial charge in [0.05, 0.1) is 5.39 Å². The predicted octanol–water partition coefficient (Wildman–Crippen LogP) is 1.69. The van der Waals surface area contributed by atoms with Crippen LogP contribution in [0.3, 0.4) is 0 Å². The van der Waals surface area contributed by atoms with E-state index in [1.807, 2.05) is 18.2 Å². The van der Waals surface area contributed by atoms with Gasteiger partial charge in [0.25, 0.3) is 5.91 Å². The van der Waals surface area contributed by atoms with E-state index in [1.54, 1.807) is 35.4 Å². The van der Waals surface area contributed by atoms with Gasteiger partial charge in [-0.15, -0.1) is 0 Å². The maximum atomic E-state index is 12.4. The van der Waals surface area contributed by atoms with E-state index in [-0.39, 0.29) is 17.1 Å². The van der Waals surface area contributed by atoms with Crippen LogP contribution in [0.15, 0.2) is 63.9 Å². The zero-order chi connectivity index (χ0) is 20.2. The number of rotatable bonds is 4. The second-order valence-corrected chi connectivity index (χ2v) is 6.60. The van der Waals surface area contributed by atoms with Gasteiger partial charge in [0.1, 0.15) is 11.4 Å². The second-order valence-electron chi connectivity index (χ2n) is 6.60. The van der Waals surface area contributed by atoms with Crippen LogP contribution in [0.4, 0.5) is 5.82 Å². The molecule has 1 fully saturated rings. The topological polar surface area (TPSA) is 93.0 Å². The number of para-hydroxylation sites is 1. The highest BCUT2D eigenvalue weighted by Gasteiger charge is 2.23. The molecule has 0 unspecified atom stereocenters. The molecular formula is C21H19N3O5. The van der Waals surface area contributed by atoms with Crippen molar-refractivity contribution in [1.82, 2.24) is 9.88 Å². The molecule has 0 saturated carbocycles. The maximum absolute atomic E-state index is 12.4. The first-order chi connectivity index (χ1) is 14.1. The van der Waals surface area contributed by atoms with Gasteiger partial charge in [0.2, 0.25) is 5.76 Å². The quantitative estimate of drug-likeness (QED) is 0.623. The number of ether oxygens (including phenoxy) is 1. The Morgan fingerprint density at radius 2 is 1.79 bits per heavy atom. The zero-order valence-electron chi connectivity index (χ0n) is 15.6. The molecule has 148 valence electrons. The third kappa shape index (κ3) is 4.11. The Hall–Kier alpha value is -3.68. The van der Waals surface area contributed by atoms with Crippen LogP contribution in [-0.4, -0.2) is 54.5 Å². The third-order valence-electron chi connectivity index (χ3n) is 4.77. The second kappa shape index (κ2) is 8.14. The minimum absolute atomic E-state index is 0.221. The Balaban J connectivity index is 1.33. The van der Waals surface area contributed by atoms with Crippen molar-refractivity contribution < 1.29 is 18.7 Å². The number of fused-ring (bicyclic) bond motifs is 1. The number of benzene rings is 1. The molecule has 8 nitrogen and oxygen atoms in total. The molecule has 1 aromatic carbocycles. The van der Waals surface area contributed by atoms with Crippen molar-refractivity contribution in [2.24, 2.45) is 0 Å². The van der Waals surface area contributed by atoms with Gasteiger partial charge in [-0.05, 0) is 24.3 Å². The Morgan fingerprint density at radius 3 is 2.55 bits per heavy atom. The number of piperazine rings is 1. The van der Waals surface area contributed by atoms with Gasteiger partial charge in [0.15, 0.2) is 12.0 Å². The van der Waals surface area contributed by atoms with Gasteiger partial charge in [-0.25, -0.2) is 9.78 Å². The molecule has 0 bridgehead atoms. The van der Waals surface area contributed by atoms with Gasteiger partial charge >= 0.3 is 5.97 Å². The van der Waals surface area contributed by atoms with Gasteiger partial charge < -0.3 is 19.0 Å². The number of carbonyl (C=O) groups is 2. The minimum Gasteiger partial charge on any atom is -0.450 e. The van der Waals surface area contributed by atoms with E-state index < -0.39 is 12.6 Å². The van der Waals surface area contributed by atoms with Gasteiger partial charge in [-0.1, -0.05) is 18.2 Å². The maximum Gasteiger partial charge on any atom is 0.374 e. The van der Waals surface area contributed by atoms with Crippen LogP contribution in [-0.2, 0) is 9.53 Å². The molecule has 0 N–H and O–H groups in total. The normalized spacial score (nSPS) is 14.1. The predicted molar refractivity (Wildman–Crippen MR) is 106 cm³/mol. The molecule has 0 radical (unpaired) electrons. The van der Waals surface area contributed by atoms with Crippen molar-refractivity contribution in [3.05, 3.63) is 70.7 Å². The summed E-state index contributed by atoms with van der Waals surface area (Å²) < 4.78 is 10.5. The number of aromatic nitrogens is 1. The molecule has 3 aromatic rings. The van der Waals surface area contributed by atoms with Crippen molar-refractivity contribution in [1.29, 1.82) is 0 Å². The molecule has 1 aliphatic heterocycles. The molecule has 4 rings (SSSR count). The van der Waals surface area contributed by atoms with Crippen LogP contribution in [0, 0.1) is 0 Å². The summed E-state index contributed by atoms with van der Waals surface area (Å²) >= 11 is 0. The van der Waals surface area contributed by atoms with Crippen LogP contribution >= 0.6 is 0 Å². The van der Waals surface area contributed by atoms with Crippen molar-refractivity contribution in [2.45, 2.75) is 0 Å². The van der Waals surface area contributed by atoms with Crippen LogP contribution < -0.4 is 10.3 Å². The van der Waals surface area contributed by atoms with Crippen LogP contribution in [0.25, 0.3) is 11.0 Å². The number of hydrogen-bond acceptors (Lipinski definition) is 7. The van der Waals surface area contributed by atoms with Gasteiger partial charge in [-0.3, -0.25) is 9.59 Å². The van der Waals surface area contributed by atoms with Crippen molar-refractivity contribution in [3.63, 3.8) is 0 Å². The fourth-order valence-corrected chi connectivity index (χ4v) is 3.22. The monoisotopic (exact) mass is 393 g/mol. The summed E-state index contributed by atoms with van der Waals surface area (Å²) in [6.07, 6.45) is 1.73. The van der Waals surface area contributed by atoms with Crippen LogP contribution in [0.2, 0.25) is 0 Å². The average molecular weight is 393 g/mol. The number of pyridine rings is 1. The lowest BCUT2D eigenvalue weighted by Gasteiger charge is -2.35. The smallest absolute Gasteiger partial charge is 0.374 e. The molecule has 8 heteroatoms. The lowest BCUT2D eigenvalue weighted by molar-refractivity contribution is -0.134. The lowest BCUT2D eigenvalue weighted by Crippen LogP contribution is -2.50. The van der Waals surface area contributed by atoms with E-state index in [4.69, 9.17) is 9.15 Å². The van der Waals surface area contributed by atoms with E-state index in [1.165, 1.54) is 0 Å². The lowest BCUT2D eigenvalue weighted by atomic mass is 10.2. The largest absolute Gasteiger partial charge is 0.450 e. The summed E-state index contributed by atoms with van der Waals surface area (Å²) in [6, 6.07) is 13.4. The first-order valence-electron chi connectivity index (χ1n) is 9.25. The van der Waals surface area contributed by atoms with E-state index in [0.29, 0.717) is 37.1 Å². The summed E-state index contributed by atoms with van der Waals surface area (Å²) in [5.41, 5.74) is -0.0420. The summed E-state index contributed by atoms with van der Waals surface area (Å²) in [4.78, 5) is 44.7. The molecule has 3 heterocycles. The summed E-state index contributed by atoms with van der Waals surface area (Å²) in [5, 5.41) is 0.380. The highest BCUT2D eigenvalue weighted by atomic mass is 16.5. The average Bonchev–Trinajstić information content (AvgIpc) is 2.78. The van der Waals surface area contributed by atoms with Crippen molar-refractivity contribution >= 4 is 28.7 Å². The Labute approximate surface area is 166 Å². The molecule has 0 aliphatic carbocycles. The first-order valence-corrected chi connectivity index (χ1v) is 9.25. The Morgan fingerprint density at radius 1 is 1.03 bits per heavy atom. The SMILES string of the molecule is O=C(OCC(=O)N1CCN(c2ccccn2)CC1)c1cc(=O)c2ccccc2o1. The standard InChI is InChI=1S/C21H19N3O5/c25-16-13-18(29-17-6-2-1-5-15(16)17)21(27)28-14-20(26)24-11-9-23(10-12-24)19-7-3-4-8-22-19/h1-8,13H,9-12,14H2. The van der Waals surface area contributed by atoms with Crippen molar-refractivity contribution in [3.8, 4) is 0 Å². The fraction of sp³-hybridized carbons (Fsp3) is 0.238. The summed E-state index contributed by atoms with van der Waals surface area (Å²) in [5.74, 6) is -0.477. The van der Waals surface area contributed by atoms with Crippen molar-refractivity contribution in [2.75, 3.05) is 37.7 Å². The summed E-state index contributed by atoms with van der Waals surface area (Å²) in [6.45, 7) is 1.92. The number of nitrogens with zero attached hydrogens (tertiary/aromatic N) is 3. The molecule has 0 atom stereocenters. The number of esters is 1. The molecule has 1 saturated heterocycles. The first kappa shape index (κ1) is 18.7. The molecule has 1 aliphatic rings. The van der Waals surface area contributed by atoms with Crippen LogP contribution in [0.1, 0.15) is 10.6 Å². The fourth-order valence-electron chi connectivity index (χ4n) is 3.22. The summed E-state index contributed by atoms with van der Waals surface area (Å²) in [7, 11) is 0. The number of carbonyl (C=O) groups excluding carboxylic acids is 2. The highest BCUT2D eigenvalue weighted by Crippen LogP contribution is 2.14. The number of amides is 1. The molecule has 0 spiro atoms. The van der Waals surface area contributed by atoms with Crippen LogP contribution in [0.5, 0.6) is 0 Å². The van der Waals surface area contributed by atoms with Gasteiger partial charge in [-0.2, -0.15) is 0 Å². The van der Waals surface area contributed by atoms with E-state index in [2.05, 4.69) is 9.88 Å². The van der Waals surface area contributed by atoms with Gasteiger partial charge in [0, 0.05) is 38.4 Å². The molecular weight excluding hydrogens is 374 g/mol. The van der Waals surface area contributed by atoms with E-state index >= 15 is 0 Å². The third-order valence-corrected chi connectivity index (χ3v) is 4.77. The Kier molecular flexibility index (Phi) is 5.24. The zero-order valence-corrected chi connectivity index (χ0v) is 15.6. The number of hydrogen-bond donors (Lipinski definition) is 0. The van der Waals surface area contributed by atoms with E-state index in [0.717, 1.165) is 11.9 Å². The Bertz CT molecular complexity index is 1090. The minimum atomic E-state index is -0.840. The van der Waals surface area contributed by atoms with E-state index in [9.17, 15) is 14.4 Å².